The van der Waals surface area contributed by atoms with Crippen LogP contribution in [0.15, 0.2) is 23.8 Å². The van der Waals surface area contributed by atoms with E-state index in [9.17, 15) is 29.4 Å². The van der Waals surface area contributed by atoms with Crippen LogP contribution in [0.3, 0.4) is 0 Å². The third-order valence-electron chi connectivity index (χ3n) is 8.55. The first-order valence-corrected chi connectivity index (χ1v) is 10.3. The number of carbonyl (C=O) groups is 4. The van der Waals surface area contributed by atoms with Crippen LogP contribution in [0.4, 0.5) is 0 Å². The first-order valence-electron chi connectivity index (χ1n) is 9.95. The number of halogens is 1. The van der Waals surface area contributed by atoms with Crippen molar-refractivity contribution in [1.82, 2.24) is 0 Å². The minimum atomic E-state index is -1.92. The van der Waals surface area contributed by atoms with Gasteiger partial charge in [0.1, 0.15) is 5.60 Å². The van der Waals surface area contributed by atoms with Crippen LogP contribution in [0.25, 0.3) is 0 Å². The van der Waals surface area contributed by atoms with Crippen molar-refractivity contribution in [1.29, 1.82) is 0 Å². The number of aliphatic hydroxyl groups excluding tert-OH is 1. The smallest absolute Gasteiger partial charge is 0.227 e. The molecule has 0 unspecified atom stereocenters. The van der Waals surface area contributed by atoms with Crippen molar-refractivity contribution in [2.75, 3.05) is 0 Å². The highest BCUT2D eigenvalue weighted by Gasteiger charge is 2.75. The molecule has 156 valence electrons. The fourth-order valence-corrected chi connectivity index (χ4v) is 7.46. The van der Waals surface area contributed by atoms with Gasteiger partial charge in [0.05, 0.1) is 11.0 Å². The van der Waals surface area contributed by atoms with Gasteiger partial charge in [0.2, 0.25) is 5.78 Å². The summed E-state index contributed by atoms with van der Waals surface area (Å²) in [5, 5.41) is 22.7. The van der Waals surface area contributed by atoms with Crippen molar-refractivity contribution in [2.24, 2.45) is 28.6 Å². The molecule has 0 aromatic rings. The molecule has 3 saturated carbocycles. The number of alkyl halides is 1. The third kappa shape index (κ3) is 2.15. The lowest BCUT2D eigenvalue weighted by molar-refractivity contribution is -0.177. The Morgan fingerprint density at radius 3 is 2.55 bits per heavy atom. The molecule has 0 aliphatic heterocycles. The maximum absolute atomic E-state index is 13.0. The standard InChI is InChI=1S/C22H25ClO6/c1-11-6-13-14-8-16(26)15-7-12(25)4-5-19(15,2)21(14,23)17(27)9-20(13,3)22(11,29)18(28)10-24/h4-5,7,10-11,13-14,17,27,29H,6,8-9H2,1-3H3/t11-,13+,14+,17+,19+,20+,21+,22+/m1/s1. The lowest BCUT2D eigenvalue weighted by Gasteiger charge is -2.63. The van der Waals surface area contributed by atoms with Gasteiger partial charge in [0.15, 0.2) is 17.9 Å². The number of hydrogen-bond donors (Lipinski definition) is 2. The van der Waals surface area contributed by atoms with Gasteiger partial charge in [-0.1, -0.05) is 26.8 Å². The van der Waals surface area contributed by atoms with Crippen LogP contribution in [0, 0.1) is 28.6 Å². The Labute approximate surface area is 174 Å². The van der Waals surface area contributed by atoms with Crippen LogP contribution in [-0.2, 0) is 19.2 Å². The van der Waals surface area contributed by atoms with Crippen molar-refractivity contribution >= 4 is 35.2 Å². The van der Waals surface area contributed by atoms with E-state index in [-0.39, 0.29) is 36.6 Å². The lowest BCUT2D eigenvalue weighted by atomic mass is 9.45. The first-order chi connectivity index (χ1) is 13.4. The molecule has 0 aromatic heterocycles. The fourth-order valence-electron chi connectivity index (χ4n) is 6.99. The number of ketones is 3. The third-order valence-corrected chi connectivity index (χ3v) is 9.47. The van der Waals surface area contributed by atoms with Crippen molar-refractivity contribution < 1.29 is 29.4 Å². The summed E-state index contributed by atoms with van der Waals surface area (Å²) in [7, 11) is 0. The summed E-state index contributed by atoms with van der Waals surface area (Å²) in [5.41, 5.74) is -3.78. The van der Waals surface area contributed by atoms with Crippen LogP contribution in [-0.4, -0.2) is 50.4 Å². The lowest BCUT2D eigenvalue weighted by Crippen LogP contribution is -2.70. The molecule has 29 heavy (non-hydrogen) atoms. The second-order valence-corrected chi connectivity index (χ2v) is 10.3. The normalized spacial score (nSPS) is 51.0. The van der Waals surface area contributed by atoms with E-state index >= 15 is 0 Å². The van der Waals surface area contributed by atoms with Gasteiger partial charge < -0.3 is 10.2 Å². The monoisotopic (exact) mass is 420 g/mol. The molecule has 2 N–H and O–H groups in total. The Kier molecular flexibility index (Phi) is 4.24. The quantitative estimate of drug-likeness (QED) is 0.398. The number of aliphatic hydroxyl groups is 2. The van der Waals surface area contributed by atoms with Gasteiger partial charge >= 0.3 is 0 Å². The maximum Gasteiger partial charge on any atom is 0.227 e. The molecule has 0 bridgehead atoms. The number of Topliss-reactive ketones (excluding diaryl/α,β-unsaturated/α-hetero) is 2. The fraction of sp³-hybridized carbons (Fsp3) is 0.636. The zero-order valence-electron chi connectivity index (χ0n) is 16.6. The molecule has 4 aliphatic carbocycles. The second-order valence-electron chi connectivity index (χ2n) is 9.63. The summed E-state index contributed by atoms with van der Waals surface area (Å²) in [6, 6.07) is 0. The van der Waals surface area contributed by atoms with E-state index in [1.54, 1.807) is 26.8 Å². The zero-order valence-corrected chi connectivity index (χ0v) is 17.4. The molecule has 0 radical (unpaired) electrons. The maximum atomic E-state index is 13.0. The predicted octanol–water partition coefficient (Wildman–Crippen LogP) is 1.55. The van der Waals surface area contributed by atoms with Crippen molar-refractivity contribution in [3.05, 3.63) is 23.8 Å². The van der Waals surface area contributed by atoms with Crippen molar-refractivity contribution in [3.63, 3.8) is 0 Å². The molecule has 0 heterocycles. The SMILES string of the molecule is C[C@@H]1C[C@H]2[C@@H]3CC(=O)C4=CC(=O)C=C[C@]4(C)[C@@]3(Cl)[C@@H](O)C[C@]2(C)[C@@]1(O)C(=O)C=O. The van der Waals surface area contributed by atoms with Crippen molar-refractivity contribution in [3.8, 4) is 0 Å². The van der Waals surface area contributed by atoms with E-state index in [1.807, 2.05) is 0 Å². The van der Waals surface area contributed by atoms with Gasteiger partial charge in [-0.25, -0.2) is 0 Å². The highest BCUT2D eigenvalue weighted by molar-refractivity contribution is 6.30. The van der Waals surface area contributed by atoms with Crippen molar-refractivity contribution in [2.45, 2.75) is 56.6 Å². The van der Waals surface area contributed by atoms with E-state index in [0.29, 0.717) is 12.0 Å². The summed E-state index contributed by atoms with van der Waals surface area (Å²) in [5.74, 6) is -2.80. The molecule has 3 fully saturated rings. The molecular weight excluding hydrogens is 396 g/mol. The highest BCUT2D eigenvalue weighted by atomic mass is 35.5. The number of allylic oxidation sites excluding steroid dienone is 4. The topological polar surface area (TPSA) is 109 Å². The summed E-state index contributed by atoms with van der Waals surface area (Å²) in [6.07, 6.45) is 3.69. The summed E-state index contributed by atoms with van der Waals surface area (Å²) < 4.78 is 0. The largest absolute Gasteiger partial charge is 0.391 e. The molecule has 0 aromatic carbocycles. The summed E-state index contributed by atoms with van der Waals surface area (Å²) in [6.45, 7) is 5.18. The van der Waals surface area contributed by atoms with E-state index in [2.05, 4.69) is 0 Å². The number of carbonyl (C=O) groups excluding carboxylic acids is 4. The van der Waals surface area contributed by atoms with Gasteiger partial charge in [-0.05, 0) is 42.7 Å². The van der Waals surface area contributed by atoms with Gasteiger partial charge in [-0.3, -0.25) is 19.2 Å². The molecule has 6 nitrogen and oxygen atoms in total. The van der Waals surface area contributed by atoms with E-state index in [4.69, 9.17) is 11.6 Å². The highest BCUT2D eigenvalue weighted by Crippen LogP contribution is 2.70. The van der Waals surface area contributed by atoms with Crippen LogP contribution in [0.5, 0.6) is 0 Å². The molecule has 0 amide bonds. The summed E-state index contributed by atoms with van der Waals surface area (Å²) >= 11 is 7.20. The minimum Gasteiger partial charge on any atom is -0.391 e. The summed E-state index contributed by atoms with van der Waals surface area (Å²) in [4.78, 5) is 47.4. The molecular formula is C22H25ClO6. The van der Waals surface area contributed by atoms with Gasteiger partial charge in [-0.2, -0.15) is 0 Å². The first kappa shape index (κ1) is 20.6. The number of hydrogen-bond acceptors (Lipinski definition) is 6. The molecule has 0 saturated heterocycles. The molecule has 0 spiro atoms. The van der Waals surface area contributed by atoms with Gasteiger partial charge in [0, 0.05) is 22.8 Å². The Bertz CT molecular complexity index is 907. The Hall–Kier alpha value is -1.63. The number of fused-ring (bicyclic) bond motifs is 5. The molecule has 4 aliphatic rings. The Morgan fingerprint density at radius 2 is 1.93 bits per heavy atom. The van der Waals surface area contributed by atoms with E-state index in [1.165, 1.54) is 12.2 Å². The van der Waals surface area contributed by atoms with Crippen LogP contribution >= 0.6 is 11.6 Å². The van der Waals surface area contributed by atoms with Crippen LogP contribution in [0.2, 0.25) is 0 Å². The average Bonchev–Trinajstić information content (AvgIpc) is 2.86. The Morgan fingerprint density at radius 1 is 1.28 bits per heavy atom. The molecule has 4 rings (SSSR count). The van der Waals surface area contributed by atoms with E-state index < -0.39 is 45.0 Å². The number of aldehydes is 1. The second kappa shape index (κ2) is 5.96. The molecule has 8 atom stereocenters. The number of rotatable bonds is 2. The van der Waals surface area contributed by atoms with Crippen LogP contribution < -0.4 is 0 Å². The predicted molar refractivity (Wildman–Crippen MR) is 104 cm³/mol. The van der Waals surface area contributed by atoms with Gasteiger partial charge in [0.25, 0.3) is 0 Å². The van der Waals surface area contributed by atoms with E-state index in [0.717, 1.165) is 0 Å². The van der Waals surface area contributed by atoms with Gasteiger partial charge in [-0.15, -0.1) is 11.6 Å². The average molecular weight is 421 g/mol. The molecule has 7 heteroatoms. The Balaban J connectivity index is 1.89. The minimum absolute atomic E-state index is 0.0108. The van der Waals surface area contributed by atoms with Crippen LogP contribution in [0.1, 0.15) is 40.0 Å². The zero-order chi connectivity index (χ0) is 21.6.